The number of esters is 1. The number of rotatable bonds is 3. The lowest BCUT2D eigenvalue weighted by atomic mass is 9.90. The van der Waals surface area contributed by atoms with E-state index in [4.69, 9.17) is 4.74 Å². The summed E-state index contributed by atoms with van der Waals surface area (Å²) in [5.41, 5.74) is 0. The standard InChI is InChI=1S/C14H26N2O2/c1-3-11-4-7-15-13(10-11)14(17)18-12-5-8-16(2)9-6-12/h11-13,15H,3-10H2,1-2H3. The molecular formula is C14H26N2O2. The van der Waals surface area contributed by atoms with Gasteiger partial charge >= 0.3 is 5.97 Å². The summed E-state index contributed by atoms with van der Waals surface area (Å²) in [5.74, 6) is 0.656. The van der Waals surface area contributed by atoms with Crippen molar-refractivity contribution >= 4 is 5.97 Å². The highest BCUT2D eigenvalue weighted by atomic mass is 16.5. The maximum Gasteiger partial charge on any atom is 0.323 e. The van der Waals surface area contributed by atoms with Gasteiger partial charge in [-0.2, -0.15) is 0 Å². The van der Waals surface area contributed by atoms with Crippen LogP contribution in [0.1, 0.15) is 39.0 Å². The highest BCUT2D eigenvalue weighted by molar-refractivity contribution is 5.76. The minimum atomic E-state index is -0.0663. The summed E-state index contributed by atoms with van der Waals surface area (Å²) < 4.78 is 5.64. The van der Waals surface area contributed by atoms with Crippen LogP contribution < -0.4 is 5.32 Å². The molecule has 0 spiro atoms. The van der Waals surface area contributed by atoms with Gasteiger partial charge in [-0.15, -0.1) is 0 Å². The monoisotopic (exact) mass is 254 g/mol. The van der Waals surface area contributed by atoms with Crippen molar-refractivity contribution in [3.63, 3.8) is 0 Å². The Morgan fingerprint density at radius 1 is 1.33 bits per heavy atom. The fraction of sp³-hybridized carbons (Fsp3) is 0.929. The molecule has 0 aliphatic carbocycles. The largest absolute Gasteiger partial charge is 0.461 e. The molecule has 1 N–H and O–H groups in total. The average molecular weight is 254 g/mol. The van der Waals surface area contributed by atoms with Crippen LogP contribution in [-0.2, 0) is 9.53 Å². The van der Waals surface area contributed by atoms with Crippen LogP contribution >= 0.6 is 0 Å². The third-order valence-electron chi connectivity index (χ3n) is 4.32. The SMILES string of the molecule is CCC1CCNC(C(=O)OC2CCN(C)CC2)C1. The molecule has 0 amide bonds. The van der Waals surface area contributed by atoms with Crippen molar-refractivity contribution in [1.82, 2.24) is 10.2 Å². The lowest BCUT2D eigenvalue weighted by Crippen LogP contribution is -2.46. The van der Waals surface area contributed by atoms with E-state index in [0.717, 1.165) is 38.9 Å². The van der Waals surface area contributed by atoms with Crippen LogP contribution in [-0.4, -0.2) is 49.7 Å². The van der Waals surface area contributed by atoms with Crippen molar-refractivity contribution in [1.29, 1.82) is 0 Å². The van der Waals surface area contributed by atoms with Gasteiger partial charge in [0.2, 0.25) is 0 Å². The van der Waals surface area contributed by atoms with Gasteiger partial charge in [0.15, 0.2) is 0 Å². The molecule has 2 rings (SSSR count). The van der Waals surface area contributed by atoms with E-state index in [2.05, 4.69) is 24.2 Å². The molecule has 2 fully saturated rings. The number of likely N-dealkylation sites (tertiary alicyclic amines) is 1. The number of hydrogen-bond donors (Lipinski definition) is 1. The molecule has 0 bridgehead atoms. The van der Waals surface area contributed by atoms with E-state index in [-0.39, 0.29) is 18.1 Å². The Bertz CT molecular complexity index is 275. The fourth-order valence-electron chi connectivity index (χ4n) is 2.90. The molecule has 0 radical (unpaired) electrons. The van der Waals surface area contributed by atoms with Crippen molar-refractivity contribution in [2.75, 3.05) is 26.7 Å². The molecule has 2 aliphatic heterocycles. The molecule has 104 valence electrons. The maximum atomic E-state index is 12.1. The molecule has 2 heterocycles. The summed E-state index contributed by atoms with van der Waals surface area (Å²) in [7, 11) is 2.12. The van der Waals surface area contributed by atoms with Gasteiger partial charge in [0.1, 0.15) is 12.1 Å². The van der Waals surface area contributed by atoms with E-state index in [1.165, 1.54) is 12.8 Å². The molecule has 4 heteroatoms. The minimum absolute atomic E-state index is 0.0253. The maximum absolute atomic E-state index is 12.1. The summed E-state index contributed by atoms with van der Waals surface area (Å²) in [6.07, 6.45) is 5.39. The Morgan fingerprint density at radius 2 is 2.06 bits per heavy atom. The predicted octanol–water partition coefficient (Wildman–Crippen LogP) is 1.40. The first kappa shape index (κ1) is 13.8. The molecule has 0 saturated carbocycles. The van der Waals surface area contributed by atoms with Crippen LogP contribution in [0, 0.1) is 5.92 Å². The van der Waals surface area contributed by atoms with Crippen LogP contribution in [0.15, 0.2) is 0 Å². The summed E-state index contributed by atoms with van der Waals surface area (Å²) in [6, 6.07) is -0.0663. The number of carbonyl (C=O) groups excluding carboxylic acids is 1. The van der Waals surface area contributed by atoms with Crippen LogP contribution in [0.5, 0.6) is 0 Å². The number of nitrogens with zero attached hydrogens (tertiary/aromatic N) is 1. The van der Waals surface area contributed by atoms with E-state index < -0.39 is 0 Å². The van der Waals surface area contributed by atoms with E-state index in [0.29, 0.717) is 5.92 Å². The van der Waals surface area contributed by atoms with Gasteiger partial charge in [-0.3, -0.25) is 4.79 Å². The second kappa shape index (κ2) is 6.53. The second-order valence-electron chi connectivity index (χ2n) is 5.74. The molecule has 2 atom stereocenters. The topological polar surface area (TPSA) is 41.6 Å². The van der Waals surface area contributed by atoms with Gasteiger partial charge in [-0.05, 0) is 45.2 Å². The Balaban J connectivity index is 1.77. The molecule has 2 aliphatic rings. The second-order valence-corrected chi connectivity index (χ2v) is 5.74. The molecule has 2 saturated heterocycles. The number of carbonyl (C=O) groups is 1. The first-order chi connectivity index (χ1) is 8.69. The Kier molecular flexibility index (Phi) is 5.01. The normalized spacial score (nSPS) is 31.2. The molecule has 2 unspecified atom stereocenters. The molecule has 4 nitrogen and oxygen atoms in total. The fourth-order valence-corrected chi connectivity index (χ4v) is 2.90. The molecule has 0 aromatic carbocycles. The predicted molar refractivity (Wildman–Crippen MR) is 71.4 cm³/mol. The summed E-state index contributed by atoms with van der Waals surface area (Å²) in [6.45, 7) is 5.22. The third-order valence-corrected chi connectivity index (χ3v) is 4.32. The Labute approximate surface area is 110 Å². The smallest absolute Gasteiger partial charge is 0.323 e. The molecule has 18 heavy (non-hydrogen) atoms. The van der Waals surface area contributed by atoms with Gasteiger partial charge < -0.3 is 15.0 Å². The number of piperidine rings is 2. The van der Waals surface area contributed by atoms with Crippen LogP contribution in [0.2, 0.25) is 0 Å². The highest BCUT2D eigenvalue weighted by Gasteiger charge is 2.29. The molecular weight excluding hydrogens is 228 g/mol. The molecule has 0 aromatic heterocycles. The van der Waals surface area contributed by atoms with E-state index in [1.807, 2.05) is 0 Å². The van der Waals surface area contributed by atoms with E-state index >= 15 is 0 Å². The Morgan fingerprint density at radius 3 is 2.72 bits per heavy atom. The van der Waals surface area contributed by atoms with Crippen molar-refractivity contribution in [3.8, 4) is 0 Å². The summed E-state index contributed by atoms with van der Waals surface area (Å²) in [4.78, 5) is 14.4. The van der Waals surface area contributed by atoms with Gasteiger partial charge in [-0.25, -0.2) is 0 Å². The van der Waals surface area contributed by atoms with Crippen molar-refractivity contribution in [3.05, 3.63) is 0 Å². The lowest BCUT2D eigenvalue weighted by Gasteiger charge is -2.32. The van der Waals surface area contributed by atoms with Gasteiger partial charge in [0, 0.05) is 13.1 Å². The number of ether oxygens (including phenoxy) is 1. The van der Waals surface area contributed by atoms with Crippen LogP contribution in [0.25, 0.3) is 0 Å². The van der Waals surface area contributed by atoms with Crippen molar-refractivity contribution < 1.29 is 9.53 Å². The summed E-state index contributed by atoms with van der Waals surface area (Å²) in [5, 5.41) is 3.30. The van der Waals surface area contributed by atoms with Crippen LogP contribution in [0.3, 0.4) is 0 Å². The van der Waals surface area contributed by atoms with Crippen molar-refractivity contribution in [2.24, 2.45) is 5.92 Å². The van der Waals surface area contributed by atoms with E-state index in [1.54, 1.807) is 0 Å². The first-order valence-corrected chi connectivity index (χ1v) is 7.31. The van der Waals surface area contributed by atoms with Gasteiger partial charge in [0.05, 0.1) is 0 Å². The average Bonchev–Trinajstić information content (AvgIpc) is 2.41. The zero-order chi connectivity index (χ0) is 13.0. The highest BCUT2D eigenvalue weighted by Crippen LogP contribution is 2.21. The van der Waals surface area contributed by atoms with Gasteiger partial charge in [-0.1, -0.05) is 13.3 Å². The first-order valence-electron chi connectivity index (χ1n) is 7.31. The van der Waals surface area contributed by atoms with Gasteiger partial charge in [0.25, 0.3) is 0 Å². The molecule has 0 aromatic rings. The zero-order valence-corrected chi connectivity index (χ0v) is 11.7. The lowest BCUT2D eigenvalue weighted by molar-refractivity contribution is -0.154. The van der Waals surface area contributed by atoms with Crippen LogP contribution in [0.4, 0.5) is 0 Å². The van der Waals surface area contributed by atoms with Crippen molar-refractivity contribution in [2.45, 2.75) is 51.2 Å². The summed E-state index contributed by atoms with van der Waals surface area (Å²) >= 11 is 0. The number of hydrogen-bond acceptors (Lipinski definition) is 4. The minimum Gasteiger partial charge on any atom is -0.461 e. The number of nitrogens with one attached hydrogen (secondary N) is 1. The van der Waals surface area contributed by atoms with E-state index in [9.17, 15) is 4.79 Å². The Hall–Kier alpha value is -0.610. The zero-order valence-electron chi connectivity index (χ0n) is 11.7. The quantitative estimate of drug-likeness (QED) is 0.773. The third kappa shape index (κ3) is 3.69.